The van der Waals surface area contributed by atoms with Gasteiger partial charge in [0.15, 0.2) is 0 Å². The molecule has 1 atom stereocenters. The Kier molecular flexibility index (Phi) is 5.80. The number of hydrogen-bond acceptors (Lipinski definition) is 1. The second-order valence-corrected chi connectivity index (χ2v) is 4.50. The molecule has 0 aliphatic rings. The van der Waals surface area contributed by atoms with E-state index in [0.717, 1.165) is 19.4 Å². The third-order valence-corrected chi connectivity index (χ3v) is 2.93. The van der Waals surface area contributed by atoms with Crippen LogP contribution in [-0.2, 0) is 0 Å². The average Bonchev–Trinajstić information content (AvgIpc) is 2.33. The third-order valence-electron chi connectivity index (χ3n) is 2.93. The van der Waals surface area contributed by atoms with E-state index < -0.39 is 0 Å². The number of benzene rings is 1. The van der Waals surface area contributed by atoms with Crippen molar-refractivity contribution in [3.05, 3.63) is 34.9 Å². The summed E-state index contributed by atoms with van der Waals surface area (Å²) in [6, 6.07) is 7.01. The van der Waals surface area contributed by atoms with Crippen LogP contribution in [0.5, 0.6) is 0 Å². The molecular formula is C16H23N. The van der Waals surface area contributed by atoms with E-state index in [1.54, 1.807) is 0 Å². The molecule has 0 spiro atoms. The van der Waals surface area contributed by atoms with E-state index in [0.29, 0.717) is 6.04 Å². The Morgan fingerprint density at radius 1 is 1.29 bits per heavy atom. The molecule has 1 nitrogen and oxygen atoms in total. The minimum absolute atomic E-state index is 0.363. The lowest BCUT2D eigenvalue weighted by atomic mass is 9.97. The van der Waals surface area contributed by atoms with E-state index >= 15 is 0 Å². The van der Waals surface area contributed by atoms with Crippen LogP contribution in [0.3, 0.4) is 0 Å². The van der Waals surface area contributed by atoms with Crippen LogP contribution in [0.25, 0.3) is 0 Å². The fourth-order valence-corrected chi connectivity index (χ4v) is 1.95. The van der Waals surface area contributed by atoms with E-state index in [1.165, 1.54) is 16.7 Å². The predicted octanol–water partition coefficient (Wildman–Crippen LogP) is 3.76. The Bertz CT molecular complexity index is 409. The topological polar surface area (TPSA) is 12.0 Å². The maximum atomic E-state index is 3.59. The molecule has 1 N–H and O–H groups in total. The van der Waals surface area contributed by atoms with Crippen LogP contribution in [0.2, 0.25) is 0 Å². The van der Waals surface area contributed by atoms with Gasteiger partial charge in [0.25, 0.3) is 0 Å². The molecule has 0 aliphatic heterocycles. The molecule has 17 heavy (non-hydrogen) atoms. The first kappa shape index (κ1) is 13.8. The van der Waals surface area contributed by atoms with Gasteiger partial charge in [-0.05, 0) is 44.9 Å². The Labute approximate surface area is 106 Å². The molecule has 92 valence electrons. The molecule has 1 heteroatoms. The molecule has 0 heterocycles. The van der Waals surface area contributed by atoms with E-state index in [-0.39, 0.29) is 0 Å². The molecule has 0 aromatic heterocycles. The third kappa shape index (κ3) is 4.24. The number of hydrogen-bond donors (Lipinski definition) is 1. The maximum Gasteiger partial charge on any atom is 0.0433 e. The highest BCUT2D eigenvalue weighted by Gasteiger charge is 2.11. The normalized spacial score (nSPS) is 11.8. The predicted molar refractivity (Wildman–Crippen MR) is 75.0 cm³/mol. The second kappa shape index (κ2) is 7.14. The van der Waals surface area contributed by atoms with Crippen LogP contribution in [0.4, 0.5) is 0 Å². The lowest BCUT2D eigenvalue weighted by molar-refractivity contribution is 0.540. The fourth-order valence-electron chi connectivity index (χ4n) is 1.95. The summed E-state index contributed by atoms with van der Waals surface area (Å²) < 4.78 is 0. The van der Waals surface area contributed by atoms with Crippen LogP contribution in [0.15, 0.2) is 18.2 Å². The van der Waals surface area contributed by atoms with Crippen LogP contribution >= 0.6 is 0 Å². The summed E-state index contributed by atoms with van der Waals surface area (Å²) in [5.74, 6) is 6.18. The Balaban J connectivity index is 2.92. The summed E-state index contributed by atoms with van der Waals surface area (Å²) in [6.45, 7) is 9.46. The number of aryl methyl sites for hydroxylation is 2. The van der Waals surface area contributed by atoms with Crippen molar-refractivity contribution in [1.82, 2.24) is 5.32 Å². The van der Waals surface area contributed by atoms with Crippen LogP contribution < -0.4 is 5.32 Å². The number of rotatable bonds is 5. The molecule has 0 saturated carbocycles. The molecular weight excluding hydrogens is 206 g/mol. The zero-order valence-electron chi connectivity index (χ0n) is 11.4. The van der Waals surface area contributed by atoms with Gasteiger partial charge in [-0.15, -0.1) is 11.8 Å². The van der Waals surface area contributed by atoms with Crippen molar-refractivity contribution in [3.63, 3.8) is 0 Å². The van der Waals surface area contributed by atoms with Gasteiger partial charge < -0.3 is 5.32 Å². The van der Waals surface area contributed by atoms with Crippen molar-refractivity contribution >= 4 is 0 Å². The van der Waals surface area contributed by atoms with E-state index in [9.17, 15) is 0 Å². The average molecular weight is 229 g/mol. The Morgan fingerprint density at radius 3 is 2.71 bits per heavy atom. The summed E-state index contributed by atoms with van der Waals surface area (Å²) in [5.41, 5.74) is 4.06. The molecule has 0 radical (unpaired) electrons. The highest BCUT2D eigenvalue weighted by atomic mass is 14.9. The smallest absolute Gasteiger partial charge is 0.0433 e. The van der Waals surface area contributed by atoms with Crippen molar-refractivity contribution in [1.29, 1.82) is 0 Å². The van der Waals surface area contributed by atoms with E-state index in [1.807, 2.05) is 6.92 Å². The fraction of sp³-hybridized carbons (Fsp3) is 0.500. The first-order valence-corrected chi connectivity index (χ1v) is 6.39. The highest BCUT2D eigenvalue weighted by molar-refractivity contribution is 5.33. The van der Waals surface area contributed by atoms with Crippen LogP contribution in [0, 0.1) is 25.7 Å². The minimum atomic E-state index is 0.363. The van der Waals surface area contributed by atoms with Gasteiger partial charge in [-0.2, -0.15) is 0 Å². The van der Waals surface area contributed by atoms with Gasteiger partial charge in [-0.1, -0.05) is 30.7 Å². The molecule has 0 amide bonds. The van der Waals surface area contributed by atoms with E-state index in [4.69, 9.17) is 0 Å². The van der Waals surface area contributed by atoms with Gasteiger partial charge in [0, 0.05) is 12.5 Å². The standard InChI is InChI=1S/C16H23N/c1-5-7-8-16(17-11-6-2)15-12-13(3)9-10-14(15)4/h9-10,12,16-17H,6,8,11H2,1-4H3. The molecule has 0 saturated heterocycles. The van der Waals surface area contributed by atoms with Crippen LogP contribution in [-0.4, -0.2) is 6.54 Å². The molecule has 1 unspecified atom stereocenters. The van der Waals surface area contributed by atoms with Crippen molar-refractivity contribution < 1.29 is 0 Å². The Hall–Kier alpha value is -1.26. The quantitative estimate of drug-likeness (QED) is 0.758. The molecule has 1 aromatic carbocycles. The first-order valence-electron chi connectivity index (χ1n) is 6.39. The van der Waals surface area contributed by atoms with Gasteiger partial charge in [0.1, 0.15) is 0 Å². The van der Waals surface area contributed by atoms with Crippen molar-refractivity contribution in [2.45, 2.75) is 46.6 Å². The van der Waals surface area contributed by atoms with Gasteiger partial charge in [-0.3, -0.25) is 0 Å². The molecule has 1 aromatic rings. The van der Waals surface area contributed by atoms with Gasteiger partial charge in [-0.25, -0.2) is 0 Å². The SMILES string of the molecule is CC#CCC(NCCC)c1cc(C)ccc1C. The summed E-state index contributed by atoms with van der Waals surface area (Å²) in [7, 11) is 0. The zero-order valence-corrected chi connectivity index (χ0v) is 11.4. The van der Waals surface area contributed by atoms with Crippen LogP contribution in [0.1, 0.15) is 49.4 Å². The van der Waals surface area contributed by atoms with Gasteiger partial charge in [0.2, 0.25) is 0 Å². The second-order valence-electron chi connectivity index (χ2n) is 4.50. The largest absolute Gasteiger partial charge is 0.309 e. The summed E-state index contributed by atoms with van der Waals surface area (Å²) >= 11 is 0. The monoisotopic (exact) mass is 229 g/mol. The minimum Gasteiger partial charge on any atom is -0.309 e. The van der Waals surface area contributed by atoms with Crippen molar-refractivity contribution in [2.75, 3.05) is 6.54 Å². The molecule has 0 aliphatic carbocycles. The van der Waals surface area contributed by atoms with E-state index in [2.05, 4.69) is 56.1 Å². The lowest BCUT2D eigenvalue weighted by Crippen LogP contribution is -2.22. The number of nitrogens with one attached hydrogen (secondary N) is 1. The molecule has 0 bridgehead atoms. The van der Waals surface area contributed by atoms with Gasteiger partial charge in [0.05, 0.1) is 0 Å². The Morgan fingerprint density at radius 2 is 2.06 bits per heavy atom. The van der Waals surface area contributed by atoms with Crippen molar-refractivity contribution in [3.8, 4) is 11.8 Å². The summed E-state index contributed by atoms with van der Waals surface area (Å²) in [6.07, 6.45) is 2.04. The zero-order chi connectivity index (χ0) is 12.7. The summed E-state index contributed by atoms with van der Waals surface area (Å²) in [4.78, 5) is 0. The molecule has 0 fully saturated rings. The molecule has 1 rings (SSSR count). The lowest BCUT2D eigenvalue weighted by Gasteiger charge is -2.19. The summed E-state index contributed by atoms with van der Waals surface area (Å²) in [5, 5.41) is 3.59. The maximum absolute atomic E-state index is 3.59. The van der Waals surface area contributed by atoms with Crippen molar-refractivity contribution in [2.24, 2.45) is 0 Å². The highest BCUT2D eigenvalue weighted by Crippen LogP contribution is 2.21. The van der Waals surface area contributed by atoms with Gasteiger partial charge >= 0.3 is 0 Å². The first-order chi connectivity index (χ1) is 8.19.